The van der Waals surface area contributed by atoms with E-state index in [1.165, 1.54) is 18.2 Å². The van der Waals surface area contributed by atoms with Gasteiger partial charge in [-0.1, -0.05) is 13.8 Å². The number of nitrogens with zero attached hydrogens (tertiary/aromatic N) is 2. The fourth-order valence-corrected chi connectivity index (χ4v) is 3.10. The zero-order chi connectivity index (χ0) is 14.7. The van der Waals surface area contributed by atoms with Crippen molar-refractivity contribution in [3.8, 4) is 6.07 Å². The number of nitriles is 1. The summed E-state index contributed by atoms with van der Waals surface area (Å²) in [4.78, 5) is 25.4. The van der Waals surface area contributed by atoms with Gasteiger partial charge in [0.2, 0.25) is 11.8 Å². The number of imide groups is 1. The molecule has 2 unspecified atom stereocenters. The fraction of sp³-hybridized carbons (Fsp3) is 0.400. The van der Waals surface area contributed by atoms with Crippen LogP contribution in [0.15, 0.2) is 18.2 Å². The van der Waals surface area contributed by atoms with Crippen molar-refractivity contribution in [2.75, 3.05) is 0 Å². The van der Waals surface area contributed by atoms with E-state index in [-0.39, 0.29) is 41.2 Å². The van der Waals surface area contributed by atoms with Crippen LogP contribution >= 0.6 is 0 Å². The van der Waals surface area contributed by atoms with Crippen molar-refractivity contribution in [1.29, 1.82) is 5.26 Å². The molecule has 0 aromatic heterocycles. The van der Waals surface area contributed by atoms with Crippen LogP contribution in [0.25, 0.3) is 0 Å². The number of carbonyl (C=O) groups is 2. The van der Waals surface area contributed by atoms with Crippen LogP contribution in [-0.4, -0.2) is 16.7 Å². The highest BCUT2D eigenvalue weighted by molar-refractivity contribution is 6.10. The van der Waals surface area contributed by atoms with Crippen molar-refractivity contribution in [3.63, 3.8) is 0 Å². The van der Waals surface area contributed by atoms with Crippen molar-refractivity contribution in [3.05, 3.63) is 35.1 Å². The highest BCUT2D eigenvalue weighted by atomic mass is 19.1. The van der Waals surface area contributed by atoms with Crippen molar-refractivity contribution in [2.24, 2.45) is 17.3 Å². The SMILES string of the molecule is CC1(C)C2C(=O)N(Cc3cc(C#N)ccc3F)C(=O)C21. The van der Waals surface area contributed by atoms with Crippen LogP contribution in [0.2, 0.25) is 0 Å². The molecule has 2 amide bonds. The lowest BCUT2D eigenvalue weighted by Gasteiger charge is -2.20. The molecule has 1 aliphatic heterocycles. The molecule has 2 fully saturated rings. The highest BCUT2D eigenvalue weighted by Crippen LogP contribution is 2.63. The molecule has 1 aromatic rings. The smallest absolute Gasteiger partial charge is 0.233 e. The molecule has 0 N–H and O–H groups in total. The summed E-state index contributed by atoms with van der Waals surface area (Å²) in [6, 6.07) is 5.85. The van der Waals surface area contributed by atoms with E-state index in [0.29, 0.717) is 5.56 Å². The minimum Gasteiger partial charge on any atom is -0.277 e. The van der Waals surface area contributed by atoms with Crippen LogP contribution in [0.4, 0.5) is 4.39 Å². The lowest BCUT2D eigenvalue weighted by molar-refractivity contribution is -0.143. The van der Waals surface area contributed by atoms with E-state index in [9.17, 15) is 14.0 Å². The third kappa shape index (κ3) is 1.58. The Hall–Kier alpha value is -2.22. The topological polar surface area (TPSA) is 61.2 Å². The molecule has 20 heavy (non-hydrogen) atoms. The second kappa shape index (κ2) is 3.89. The van der Waals surface area contributed by atoms with Gasteiger partial charge in [-0.2, -0.15) is 5.26 Å². The Morgan fingerprint density at radius 1 is 1.30 bits per heavy atom. The predicted octanol–water partition coefficient (Wildman–Crippen LogP) is 1.84. The molecule has 0 radical (unpaired) electrons. The summed E-state index contributed by atoms with van der Waals surface area (Å²) in [6.45, 7) is 3.70. The molecule has 1 aromatic carbocycles. The van der Waals surface area contributed by atoms with Gasteiger partial charge in [-0.3, -0.25) is 14.5 Å². The Balaban J connectivity index is 1.86. The van der Waals surface area contributed by atoms with E-state index >= 15 is 0 Å². The first kappa shape index (κ1) is 12.8. The molecule has 102 valence electrons. The second-order valence-corrected chi connectivity index (χ2v) is 5.96. The maximum atomic E-state index is 13.7. The first-order valence-electron chi connectivity index (χ1n) is 6.41. The summed E-state index contributed by atoms with van der Waals surface area (Å²) in [7, 11) is 0. The molecule has 4 nitrogen and oxygen atoms in total. The van der Waals surface area contributed by atoms with Crippen LogP contribution in [-0.2, 0) is 16.1 Å². The minimum absolute atomic E-state index is 0.0951. The number of likely N-dealkylation sites (tertiary alicyclic amines) is 1. The predicted molar refractivity (Wildman–Crippen MR) is 67.4 cm³/mol. The average Bonchev–Trinajstić information content (AvgIpc) is 2.88. The van der Waals surface area contributed by atoms with Gasteiger partial charge in [0.15, 0.2) is 0 Å². The maximum Gasteiger partial charge on any atom is 0.233 e. The molecule has 0 bridgehead atoms. The van der Waals surface area contributed by atoms with Gasteiger partial charge in [0.1, 0.15) is 5.82 Å². The van der Waals surface area contributed by atoms with Gasteiger partial charge in [0.05, 0.1) is 30.0 Å². The Morgan fingerprint density at radius 3 is 2.45 bits per heavy atom. The van der Waals surface area contributed by atoms with Gasteiger partial charge < -0.3 is 0 Å². The molecule has 1 aliphatic carbocycles. The molecule has 2 atom stereocenters. The van der Waals surface area contributed by atoms with E-state index in [1.54, 1.807) is 0 Å². The highest BCUT2D eigenvalue weighted by Gasteiger charge is 2.72. The fourth-order valence-electron chi connectivity index (χ4n) is 3.10. The number of rotatable bonds is 2. The molecule has 1 heterocycles. The van der Waals surface area contributed by atoms with E-state index in [1.807, 2.05) is 19.9 Å². The quantitative estimate of drug-likeness (QED) is 0.772. The largest absolute Gasteiger partial charge is 0.277 e. The zero-order valence-electron chi connectivity index (χ0n) is 11.2. The van der Waals surface area contributed by atoms with Crippen LogP contribution < -0.4 is 0 Å². The number of fused-ring (bicyclic) bond motifs is 1. The van der Waals surface area contributed by atoms with Crippen LogP contribution in [0.5, 0.6) is 0 Å². The molecular weight excluding hydrogens is 259 g/mol. The number of halogens is 1. The van der Waals surface area contributed by atoms with E-state index < -0.39 is 5.82 Å². The molecule has 5 heteroatoms. The Bertz CT molecular complexity index is 651. The van der Waals surface area contributed by atoms with Crippen molar-refractivity contribution >= 4 is 11.8 Å². The van der Waals surface area contributed by atoms with Crippen LogP contribution in [0, 0.1) is 34.4 Å². The number of hydrogen-bond donors (Lipinski definition) is 0. The summed E-state index contributed by atoms with van der Waals surface area (Å²) >= 11 is 0. The van der Waals surface area contributed by atoms with Crippen molar-refractivity contribution in [2.45, 2.75) is 20.4 Å². The minimum atomic E-state index is -0.510. The van der Waals surface area contributed by atoms with Crippen molar-refractivity contribution < 1.29 is 14.0 Å². The van der Waals surface area contributed by atoms with Crippen molar-refractivity contribution in [1.82, 2.24) is 4.90 Å². The number of amides is 2. The molecule has 1 saturated carbocycles. The maximum absolute atomic E-state index is 13.7. The van der Waals surface area contributed by atoms with Crippen LogP contribution in [0.1, 0.15) is 25.0 Å². The monoisotopic (exact) mass is 272 g/mol. The number of carbonyl (C=O) groups excluding carboxylic acids is 2. The molecular formula is C15H13FN2O2. The second-order valence-electron chi connectivity index (χ2n) is 5.96. The first-order valence-corrected chi connectivity index (χ1v) is 6.41. The molecule has 2 aliphatic rings. The Kier molecular flexibility index (Phi) is 2.49. The summed E-state index contributed by atoms with van der Waals surface area (Å²) < 4.78 is 13.7. The summed E-state index contributed by atoms with van der Waals surface area (Å²) in [5.74, 6) is -1.50. The summed E-state index contributed by atoms with van der Waals surface area (Å²) in [5, 5.41) is 8.82. The van der Waals surface area contributed by atoms with Gasteiger partial charge in [-0.15, -0.1) is 0 Å². The van der Waals surface area contributed by atoms with E-state index in [0.717, 1.165) is 4.90 Å². The van der Waals surface area contributed by atoms with Gasteiger partial charge in [0.25, 0.3) is 0 Å². The average molecular weight is 272 g/mol. The van der Waals surface area contributed by atoms with Gasteiger partial charge in [0, 0.05) is 5.56 Å². The lowest BCUT2D eigenvalue weighted by atomic mass is 10.0. The normalized spacial score (nSPS) is 26.4. The first-order chi connectivity index (χ1) is 9.37. The van der Waals surface area contributed by atoms with E-state index in [2.05, 4.69) is 0 Å². The summed E-state index contributed by atoms with van der Waals surface area (Å²) in [6.07, 6.45) is 0. The Morgan fingerprint density at radius 2 is 1.90 bits per heavy atom. The molecule has 3 rings (SSSR count). The van der Waals surface area contributed by atoms with Crippen LogP contribution in [0.3, 0.4) is 0 Å². The van der Waals surface area contributed by atoms with Gasteiger partial charge in [-0.05, 0) is 23.6 Å². The van der Waals surface area contributed by atoms with Gasteiger partial charge >= 0.3 is 0 Å². The number of piperidine rings is 1. The molecule has 0 spiro atoms. The summed E-state index contributed by atoms with van der Waals surface area (Å²) in [5.41, 5.74) is 0.244. The molecule has 1 saturated heterocycles. The third-order valence-electron chi connectivity index (χ3n) is 4.39. The number of benzene rings is 1. The zero-order valence-corrected chi connectivity index (χ0v) is 11.2. The van der Waals surface area contributed by atoms with Gasteiger partial charge in [-0.25, -0.2) is 4.39 Å². The third-order valence-corrected chi connectivity index (χ3v) is 4.39. The standard InChI is InChI=1S/C15H13FN2O2/c1-15(2)11-12(15)14(20)18(13(11)19)7-9-5-8(6-17)3-4-10(9)16/h3-5,11-12H,7H2,1-2H3. The number of hydrogen-bond acceptors (Lipinski definition) is 3. The Labute approximate surface area is 115 Å². The lowest BCUT2D eigenvalue weighted by Crippen LogP contribution is -2.35. The van der Waals surface area contributed by atoms with E-state index in [4.69, 9.17) is 5.26 Å².